The maximum Gasteiger partial charge on any atom is 0.322 e. The summed E-state index contributed by atoms with van der Waals surface area (Å²) in [7, 11) is 0. The average molecular weight is 726 g/mol. The minimum Gasteiger partial charge on any atom is -0.480 e. The normalized spacial score (nSPS) is 16.4. The molecule has 11 N–H and O–H groups in total. The summed E-state index contributed by atoms with van der Waals surface area (Å²) in [5, 5.41) is 24.0. The van der Waals surface area contributed by atoms with Crippen LogP contribution in [0.2, 0.25) is 0 Å². The number of nitrogens with one attached hydrogen (secondary N) is 6. The van der Waals surface area contributed by atoms with Crippen LogP contribution in [-0.4, -0.2) is 120 Å². The molecule has 288 valence electrons. The Morgan fingerprint density at radius 3 is 1.82 bits per heavy atom. The molecule has 51 heavy (non-hydrogen) atoms. The Bertz CT molecular complexity index is 1290. The molecule has 1 aliphatic rings. The first-order chi connectivity index (χ1) is 23.8. The maximum atomic E-state index is 13.7. The third kappa shape index (κ3) is 15.3. The first-order valence-corrected chi connectivity index (χ1v) is 17.0. The van der Waals surface area contributed by atoms with E-state index in [4.69, 9.17) is 16.6 Å². The number of hydrogen-bond donors (Lipinski definition) is 9. The van der Waals surface area contributed by atoms with E-state index in [0.29, 0.717) is 6.42 Å². The molecule has 0 aliphatic carbocycles. The second-order valence-electron chi connectivity index (χ2n) is 13.6. The summed E-state index contributed by atoms with van der Waals surface area (Å²) >= 11 is 0. The standard InChI is InChI=1S/C32H55N9O10/c1-16(2)12-20(38-30(49)26(17(3)4)39-24(44)14-35-23(43)13-33)28(47)40-27(18(5)6)31(50)37-19(9-10-22(34)42)32(51)41-11-7-8-21(41)29(48)36-15-25(45)46/h16-21,26-27H,7-15,33H2,1-6H3,(H2,34,42)(H,35,43)(H,36,48)(H,37,50)(H,38,49)(H,39,44)(H,40,47)(H,45,46)/t19?,20?,21-,26?,27?/m0/s1. The molecule has 5 atom stereocenters. The molecule has 0 aromatic carbocycles. The predicted octanol–water partition coefficient (Wildman–Crippen LogP) is -3.18. The molecular weight excluding hydrogens is 670 g/mol. The fourth-order valence-electron chi connectivity index (χ4n) is 5.35. The Kier molecular flexibility index (Phi) is 18.6. The Morgan fingerprint density at radius 2 is 1.31 bits per heavy atom. The van der Waals surface area contributed by atoms with Gasteiger partial charge in [0.25, 0.3) is 0 Å². The summed E-state index contributed by atoms with van der Waals surface area (Å²) in [6, 6.07) is -5.73. The van der Waals surface area contributed by atoms with Crippen LogP contribution in [0.4, 0.5) is 0 Å². The van der Waals surface area contributed by atoms with Crippen molar-refractivity contribution in [2.24, 2.45) is 29.2 Å². The molecule has 1 heterocycles. The van der Waals surface area contributed by atoms with Crippen molar-refractivity contribution in [1.82, 2.24) is 36.8 Å². The molecule has 0 saturated carbocycles. The lowest BCUT2D eigenvalue weighted by molar-refractivity contribution is -0.143. The molecular formula is C32H55N9O10. The zero-order valence-electron chi connectivity index (χ0n) is 30.2. The highest BCUT2D eigenvalue weighted by atomic mass is 16.4. The van der Waals surface area contributed by atoms with Crippen molar-refractivity contribution in [3.63, 3.8) is 0 Å². The highest BCUT2D eigenvalue weighted by Crippen LogP contribution is 2.20. The van der Waals surface area contributed by atoms with Crippen molar-refractivity contribution >= 4 is 53.2 Å². The Balaban J connectivity index is 3.18. The second kappa shape index (κ2) is 21.4. The lowest BCUT2D eigenvalue weighted by Crippen LogP contribution is -2.61. The van der Waals surface area contributed by atoms with E-state index in [0.717, 1.165) is 0 Å². The molecule has 0 bridgehead atoms. The molecule has 8 amide bonds. The van der Waals surface area contributed by atoms with Crippen molar-refractivity contribution in [3.8, 4) is 0 Å². The molecule has 0 aromatic heterocycles. The molecule has 0 radical (unpaired) electrons. The van der Waals surface area contributed by atoms with Gasteiger partial charge in [-0.3, -0.25) is 43.2 Å². The van der Waals surface area contributed by atoms with Crippen LogP contribution in [0.5, 0.6) is 0 Å². The lowest BCUT2D eigenvalue weighted by atomic mass is 9.98. The van der Waals surface area contributed by atoms with Gasteiger partial charge in [0.2, 0.25) is 47.3 Å². The van der Waals surface area contributed by atoms with E-state index in [1.54, 1.807) is 27.7 Å². The first kappa shape index (κ1) is 44.2. The number of primary amides is 1. The summed E-state index contributed by atoms with van der Waals surface area (Å²) in [5.74, 6) is -7.73. The number of nitrogens with two attached hydrogens (primary N) is 2. The molecule has 19 nitrogen and oxygen atoms in total. The van der Waals surface area contributed by atoms with Gasteiger partial charge < -0.3 is 53.4 Å². The van der Waals surface area contributed by atoms with E-state index < -0.39 is 108 Å². The van der Waals surface area contributed by atoms with Gasteiger partial charge in [0.05, 0.1) is 13.1 Å². The van der Waals surface area contributed by atoms with Crippen LogP contribution in [0.1, 0.15) is 73.6 Å². The van der Waals surface area contributed by atoms with Gasteiger partial charge in [-0.2, -0.15) is 0 Å². The van der Waals surface area contributed by atoms with Crippen LogP contribution in [-0.2, 0) is 43.2 Å². The molecule has 1 saturated heterocycles. The molecule has 0 spiro atoms. The zero-order chi connectivity index (χ0) is 39.0. The van der Waals surface area contributed by atoms with Crippen molar-refractivity contribution in [3.05, 3.63) is 0 Å². The first-order valence-electron chi connectivity index (χ1n) is 17.0. The minimum absolute atomic E-state index is 0.0946. The second-order valence-corrected chi connectivity index (χ2v) is 13.6. The maximum absolute atomic E-state index is 13.7. The Morgan fingerprint density at radius 1 is 0.745 bits per heavy atom. The van der Waals surface area contributed by atoms with E-state index in [-0.39, 0.29) is 44.7 Å². The van der Waals surface area contributed by atoms with Crippen LogP contribution < -0.4 is 43.4 Å². The van der Waals surface area contributed by atoms with Gasteiger partial charge in [-0.25, -0.2) is 0 Å². The highest BCUT2D eigenvalue weighted by Gasteiger charge is 2.39. The zero-order valence-corrected chi connectivity index (χ0v) is 30.2. The number of carbonyl (C=O) groups is 9. The molecule has 1 rings (SSSR count). The van der Waals surface area contributed by atoms with Gasteiger partial charge in [-0.1, -0.05) is 41.5 Å². The fourth-order valence-corrected chi connectivity index (χ4v) is 5.35. The van der Waals surface area contributed by atoms with Crippen LogP contribution in [0.3, 0.4) is 0 Å². The smallest absolute Gasteiger partial charge is 0.322 e. The number of likely N-dealkylation sites (tertiary alicyclic amines) is 1. The van der Waals surface area contributed by atoms with Gasteiger partial charge >= 0.3 is 5.97 Å². The number of rotatable bonds is 21. The van der Waals surface area contributed by atoms with Crippen LogP contribution in [0, 0.1) is 17.8 Å². The molecule has 0 aromatic rings. The number of amides is 8. The van der Waals surface area contributed by atoms with Crippen molar-refractivity contribution in [2.75, 3.05) is 26.2 Å². The number of hydrogen-bond acceptors (Lipinski definition) is 10. The number of carboxylic acid groups (broad SMARTS) is 1. The minimum atomic E-state index is -1.31. The van der Waals surface area contributed by atoms with Gasteiger partial charge in [0.15, 0.2) is 0 Å². The summed E-state index contributed by atoms with van der Waals surface area (Å²) < 4.78 is 0. The van der Waals surface area contributed by atoms with Gasteiger partial charge in [-0.05, 0) is 43.4 Å². The van der Waals surface area contributed by atoms with Crippen LogP contribution >= 0.6 is 0 Å². The van der Waals surface area contributed by atoms with Crippen LogP contribution in [0.15, 0.2) is 0 Å². The number of carboxylic acids is 1. The van der Waals surface area contributed by atoms with Gasteiger partial charge in [-0.15, -0.1) is 0 Å². The number of carbonyl (C=O) groups excluding carboxylic acids is 8. The third-order valence-corrected chi connectivity index (χ3v) is 8.03. The predicted molar refractivity (Wildman–Crippen MR) is 183 cm³/mol. The monoisotopic (exact) mass is 725 g/mol. The molecule has 1 aliphatic heterocycles. The average Bonchev–Trinajstić information content (AvgIpc) is 3.54. The van der Waals surface area contributed by atoms with E-state index >= 15 is 0 Å². The summed E-state index contributed by atoms with van der Waals surface area (Å²) in [6.07, 6.45) is 0.369. The quantitative estimate of drug-likeness (QED) is 0.0568. The lowest BCUT2D eigenvalue weighted by Gasteiger charge is -2.31. The summed E-state index contributed by atoms with van der Waals surface area (Å²) in [6.45, 7) is 9.09. The molecule has 4 unspecified atom stereocenters. The van der Waals surface area contributed by atoms with E-state index in [1.165, 1.54) is 4.90 Å². The molecule has 1 fully saturated rings. The van der Waals surface area contributed by atoms with Gasteiger partial charge in [0, 0.05) is 13.0 Å². The Hall–Kier alpha value is -4.81. The number of aliphatic carboxylic acids is 1. The van der Waals surface area contributed by atoms with E-state index in [1.807, 2.05) is 13.8 Å². The van der Waals surface area contributed by atoms with Gasteiger partial charge in [0.1, 0.15) is 36.8 Å². The summed E-state index contributed by atoms with van der Waals surface area (Å²) in [4.78, 5) is 115. The third-order valence-electron chi connectivity index (χ3n) is 8.03. The number of nitrogens with zero attached hydrogens (tertiary/aromatic N) is 1. The van der Waals surface area contributed by atoms with Crippen LogP contribution in [0.25, 0.3) is 0 Å². The van der Waals surface area contributed by atoms with Crippen molar-refractivity contribution < 1.29 is 48.3 Å². The fraction of sp³-hybridized carbons (Fsp3) is 0.719. The largest absolute Gasteiger partial charge is 0.480 e. The van der Waals surface area contributed by atoms with Crippen molar-refractivity contribution in [2.45, 2.75) is 104 Å². The van der Waals surface area contributed by atoms with E-state index in [2.05, 4.69) is 31.9 Å². The summed E-state index contributed by atoms with van der Waals surface area (Å²) in [5.41, 5.74) is 10.6. The van der Waals surface area contributed by atoms with Crippen molar-refractivity contribution in [1.29, 1.82) is 0 Å². The topological polar surface area (TPSA) is 301 Å². The molecule has 19 heteroatoms. The SMILES string of the molecule is CC(C)CC(NC(=O)C(NC(=O)CNC(=O)CN)C(C)C)C(=O)NC(C(=O)NC(CCC(N)=O)C(=O)N1CCC[C@H]1C(=O)NCC(=O)O)C(C)C. The Labute approximate surface area is 297 Å². The van der Waals surface area contributed by atoms with E-state index in [9.17, 15) is 43.2 Å². The highest BCUT2D eigenvalue weighted by molar-refractivity contribution is 5.97.